The Morgan fingerprint density at radius 2 is 1.88 bits per heavy atom. The molecule has 1 fully saturated rings. The second-order valence-corrected chi connectivity index (χ2v) is 9.95. The van der Waals surface area contributed by atoms with Gasteiger partial charge in [0.05, 0.1) is 15.1 Å². The quantitative estimate of drug-likeness (QED) is 0.179. The van der Waals surface area contributed by atoms with Gasteiger partial charge in [0.25, 0.3) is 5.91 Å². The molecule has 0 bridgehead atoms. The molecule has 1 saturated heterocycles. The number of nitrogens with zero attached hydrogens (tertiary/aromatic N) is 1. The minimum absolute atomic E-state index is 0.0493. The lowest BCUT2D eigenvalue weighted by molar-refractivity contribution is -0.121. The zero-order valence-electron chi connectivity index (χ0n) is 17.8. The number of carbonyl (C=O) groups excluding carboxylic acids is 1. The minimum atomic E-state index is -0.0493. The number of ether oxygens (including phenoxy) is 2. The molecule has 0 radical (unpaired) electrons. The van der Waals surface area contributed by atoms with Gasteiger partial charge in [0, 0.05) is 6.54 Å². The Kier molecular flexibility index (Phi) is 7.37. The first-order valence-electron chi connectivity index (χ1n) is 10.3. The highest BCUT2D eigenvalue weighted by atomic mass is 127. The number of halogens is 1. The Morgan fingerprint density at radius 1 is 1.09 bits per heavy atom. The van der Waals surface area contributed by atoms with Gasteiger partial charge in [0.15, 0.2) is 11.5 Å². The van der Waals surface area contributed by atoms with Gasteiger partial charge in [-0.25, -0.2) is 0 Å². The van der Waals surface area contributed by atoms with Crippen molar-refractivity contribution in [1.82, 2.24) is 4.90 Å². The van der Waals surface area contributed by atoms with E-state index >= 15 is 0 Å². The van der Waals surface area contributed by atoms with Crippen LogP contribution in [0.5, 0.6) is 11.5 Å². The number of thioether (sulfide) groups is 1. The summed E-state index contributed by atoms with van der Waals surface area (Å²) in [5.41, 5.74) is 2.00. The lowest BCUT2D eigenvalue weighted by Gasteiger charge is -2.16. The number of carbonyl (C=O) groups is 1. The van der Waals surface area contributed by atoms with E-state index in [4.69, 9.17) is 21.7 Å². The van der Waals surface area contributed by atoms with E-state index in [-0.39, 0.29) is 5.91 Å². The van der Waals surface area contributed by atoms with Crippen LogP contribution in [0.2, 0.25) is 0 Å². The van der Waals surface area contributed by atoms with Crippen LogP contribution in [0.15, 0.2) is 59.5 Å². The molecule has 4 nitrogen and oxygen atoms in total. The Labute approximate surface area is 211 Å². The fraction of sp³-hybridized carbons (Fsp3) is 0.200. The Hall–Kier alpha value is -2.10. The van der Waals surface area contributed by atoms with Crippen LogP contribution in [-0.4, -0.2) is 28.3 Å². The number of likely N-dealkylation sites (N-methyl/N-ethyl adjacent to an activating group) is 1. The van der Waals surface area contributed by atoms with E-state index in [0.29, 0.717) is 40.5 Å². The van der Waals surface area contributed by atoms with Crippen molar-refractivity contribution in [2.75, 3.05) is 13.2 Å². The summed E-state index contributed by atoms with van der Waals surface area (Å²) in [6.07, 6.45) is 1.87. The number of rotatable bonds is 7. The van der Waals surface area contributed by atoms with Gasteiger partial charge in [0.2, 0.25) is 0 Å². The van der Waals surface area contributed by atoms with Crippen molar-refractivity contribution in [3.8, 4) is 11.5 Å². The molecule has 0 spiro atoms. The number of hydrogen-bond donors (Lipinski definition) is 0. The van der Waals surface area contributed by atoms with E-state index in [0.717, 1.165) is 14.7 Å². The molecule has 1 amide bonds. The molecule has 7 heteroatoms. The van der Waals surface area contributed by atoms with E-state index < -0.39 is 0 Å². The molecule has 1 heterocycles. The van der Waals surface area contributed by atoms with E-state index in [1.54, 1.807) is 4.90 Å². The van der Waals surface area contributed by atoms with Crippen LogP contribution in [-0.2, 0) is 11.4 Å². The number of amides is 1. The molecule has 0 unspecified atom stereocenters. The number of hydrogen-bond acceptors (Lipinski definition) is 5. The monoisotopic (exact) mass is 575 g/mol. The highest BCUT2D eigenvalue weighted by molar-refractivity contribution is 14.1. The maximum Gasteiger partial charge on any atom is 0.266 e. The van der Waals surface area contributed by atoms with Crippen molar-refractivity contribution >= 4 is 73.6 Å². The molecule has 3 aromatic rings. The van der Waals surface area contributed by atoms with Crippen LogP contribution in [0.4, 0.5) is 0 Å². The first kappa shape index (κ1) is 23.1. The van der Waals surface area contributed by atoms with Crippen LogP contribution in [0.3, 0.4) is 0 Å². The minimum Gasteiger partial charge on any atom is -0.490 e. The molecule has 0 aliphatic carbocycles. The first-order chi connectivity index (χ1) is 15.5. The highest BCUT2D eigenvalue weighted by Gasteiger charge is 2.30. The average molecular weight is 575 g/mol. The van der Waals surface area contributed by atoms with E-state index in [1.165, 1.54) is 22.5 Å². The van der Waals surface area contributed by atoms with Crippen molar-refractivity contribution in [3.63, 3.8) is 0 Å². The molecule has 0 saturated carbocycles. The molecule has 1 aliphatic rings. The van der Waals surface area contributed by atoms with Gasteiger partial charge >= 0.3 is 0 Å². The summed E-state index contributed by atoms with van der Waals surface area (Å²) in [5, 5.41) is 2.37. The molecule has 0 atom stereocenters. The summed E-state index contributed by atoms with van der Waals surface area (Å²) in [5.74, 6) is 1.32. The molecule has 3 aromatic carbocycles. The van der Waals surface area contributed by atoms with Gasteiger partial charge < -0.3 is 9.47 Å². The number of thiocarbonyl (C=S) groups is 1. The highest BCUT2D eigenvalue weighted by Crippen LogP contribution is 2.38. The lowest BCUT2D eigenvalue weighted by Crippen LogP contribution is -2.27. The molecule has 0 aromatic heterocycles. The molecule has 0 N–H and O–H groups in total. The average Bonchev–Trinajstić information content (AvgIpc) is 3.05. The summed E-state index contributed by atoms with van der Waals surface area (Å²) in [6.45, 7) is 5.39. The summed E-state index contributed by atoms with van der Waals surface area (Å²) in [7, 11) is 0. The van der Waals surface area contributed by atoms with Crippen LogP contribution in [0.25, 0.3) is 16.8 Å². The predicted molar refractivity (Wildman–Crippen MR) is 144 cm³/mol. The molecule has 32 heavy (non-hydrogen) atoms. The summed E-state index contributed by atoms with van der Waals surface area (Å²) < 4.78 is 13.7. The van der Waals surface area contributed by atoms with Gasteiger partial charge in [-0.1, -0.05) is 66.4 Å². The standard InChI is InChI=1S/C25H22INO3S2/c1-3-27-24(28)22(32-25(27)31)14-16-12-20(26)23(21(13-16)29-4-2)30-15-18-10-7-9-17-8-5-6-11-19(17)18/h5-14H,3-4,15H2,1-2H3/b22-14-. The van der Waals surface area contributed by atoms with Gasteiger partial charge in [-0.15, -0.1) is 0 Å². The summed E-state index contributed by atoms with van der Waals surface area (Å²) in [4.78, 5) is 14.8. The van der Waals surface area contributed by atoms with E-state index in [1.807, 2.05) is 50.3 Å². The molecule has 4 rings (SSSR count). The fourth-order valence-corrected chi connectivity index (χ4v) is 5.73. The Balaban J connectivity index is 1.63. The van der Waals surface area contributed by atoms with Gasteiger partial charge in [-0.2, -0.15) is 0 Å². The van der Waals surface area contributed by atoms with Crippen LogP contribution < -0.4 is 9.47 Å². The van der Waals surface area contributed by atoms with E-state index in [9.17, 15) is 4.79 Å². The van der Waals surface area contributed by atoms with Crippen molar-refractivity contribution in [2.45, 2.75) is 20.5 Å². The second kappa shape index (κ2) is 10.2. The maximum absolute atomic E-state index is 12.6. The maximum atomic E-state index is 12.6. The SMILES string of the molecule is CCOc1cc(/C=C2\SC(=S)N(CC)C2=O)cc(I)c1OCc1cccc2ccccc12. The van der Waals surface area contributed by atoms with Crippen LogP contribution in [0.1, 0.15) is 25.0 Å². The third-order valence-electron chi connectivity index (χ3n) is 5.07. The smallest absolute Gasteiger partial charge is 0.266 e. The van der Waals surface area contributed by atoms with Crippen molar-refractivity contribution in [2.24, 2.45) is 0 Å². The summed E-state index contributed by atoms with van der Waals surface area (Å²) >= 11 is 8.91. The zero-order chi connectivity index (χ0) is 22.7. The lowest BCUT2D eigenvalue weighted by atomic mass is 10.1. The van der Waals surface area contributed by atoms with Gasteiger partial charge in [-0.3, -0.25) is 9.69 Å². The zero-order valence-corrected chi connectivity index (χ0v) is 21.6. The topological polar surface area (TPSA) is 38.8 Å². The normalized spacial score (nSPS) is 15.1. The predicted octanol–water partition coefficient (Wildman–Crippen LogP) is 6.64. The molecular formula is C25H22INO3S2. The Bertz CT molecular complexity index is 1220. The van der Waals surface area contributed by atoms with E-state index in [2.05, 4.69) is 46.9 Å². The summed E-state index contributed by atoms with van der Waals surface area (Å²) in [6, 6.07) is 18.4. The largest absolute Gasteiger partial charge is 0.490 e. The van der Waals surface area contributed by atoms with Crippen molar-refractivity contribution in [3.05, 3.63) is 74.2 Å². The Morgan fingerprint density at radius 3 is 2.62 bits per heavy atom. The second-order valence-electron chi connectivity index (χ2n) is 7.12. The van der Waals surface area contributed by atoms with Gasteiger partial charge in [-0.05, 0) is 76.5 Å². The van der Waals surface area contributed by atoms with Crippen molar-refractivity contribution < 1.29 is 14.3 Å². The third kappa shape index (κ3) is 4.79. The number of benzene rings is 3. The van der Waals surface area contributed by atoms with Crippen molar-refractivity contribution in [1.29, 1.82) is 0 Å². The molecule has 1 aliphatic heterocycles. The molecule has 164 valence electrons. The third-order valence-corrected chi connectivity index (χ3v) is 7.25. The molecular weight excluding hydrogens is 553 g/mol. The van der Waals surface area contributed by atoms with Crippen LogP contribution >= 0.6 is 46.6 Å². The van der Waals surface area contributed by atoms with Crippen LogP contribution in [0, 0.1) is 3.57 Å². The van der Waals surface area contributed by atoms with Gasteiger partial charge in [0.1, 0.15) is 10.9 Å². The number of fused-ring (bicyclic) bond motifs is 1. The fourth-order valence-electron chi connectivity index (χ4n) is 3.57. The first-order valence-corrected chi connectivity index (χ1v) is 12.6.